The molecule has 2 N–H and O–H groups in total. The van der Waals surface area contributed by atoms with Crippen molar-refractivity contribution in [3.8, 4) is 10.4 Å². The number of aliphatic hydroxyl groups is 1. The highest BCUT2D eigenvalue weighted by Crippen LogP contribution is 2.27. The number of benzene rings is 1. The van der Waals surface area contributed by atoms with E-state index in [-0.39, 0.29) is 36.6 Å². The van der Waals surface area contributed by atoms with E-state index < -0.39 is 18.2 Å². The van der Waals surface area contributed by atoms with Crippen LogP contribution in [-0.4, -0.2) is 69.4 Å². The quantitative estimate of drug-likeness (QED) is 0.643. The number of aromatic nitrogens is 1. The highest BCUT2D eigenvalue weighted by molar-refractivity contribution is 7.13. The van der Waals surface area contributed by atoms with Crippen LogP contribution < -0.4 is 5.32 Å². The summed E-state index contributed by atoms with van der Waals surface area (Å²) in [5.74, 6) is -0.979. The average molecular weight is 473 g/mol. The summed E-state index contributed by atoms with van der Waals surface area (Å²) in [5, 5.41) is 13.1. The summed E-state index contributed by atoms with van der Waals surface area (Å²) in [5.41, 5.74) is 4.82. The first-order valence-electron chi connectivity index (χ1n) is 11.1. The van der Waals surface area contributed by atoms with Crippen LogP contribution in [0.15, 0.2) is 29.8 Å². The van der Waals surface area contributed by atoms with Crippen LogP contribution in [0.3, 0.4) is 0 Å². The van der Waals surface area contributed by atoms with Crippen molar-refractivity contribution in [2.75, 3.05) is 13.6 Å². The topological polar surface area (TPSA) is 103 Å². The number of likely N-dealkylation sites (tertiary alicyclic amines) is 1. The summed E-state index contributed by atoms with van der Waals surface area (Å²) in [6.45, 7) is 7.50. The number of hydrogen-bond donors (Lipinski definition) is 2. The van der Waals surface area contributed by atoms with Crippen LogP contribution in [0, 0.1) is 12.8 Å². The monoisotopic (exact) mass is 472 g/mol. The smallest absolute Gasteiger partial charge is 0.246 e. The van der Waals surface area contributed by atoms with E-state index in [1.807, 2.05) is 50.5 Å². The second kappa shape index (κ2) is 10.4. The Hall–Kier alpha value is -2.78. The minimum absolute atomic E-state index is 0.0782. The SMILES string of the molecule is CC(=O)N(C)[C@H](C(=O)N1C[C@H](O)C[C@H]1C(=O)NCc1ccc(-c2scnc2C)cc1)C(C)C. The molecule has 0 spiro atoms. The molecule has 0 aliphatic carbocycles. The first kappa shape index (κ1) is 24.9. The Morgan fingerprint density at radius 3 is 2.48 bits per heavy atom. The van der Waals surface area contributed by atoms with E-state index in [9.17, 15) is 19.5 Å². The summed E-state index contributed by atoms with van der Waals surface area (Å²) >= 11 is 1.59. The maximum absolute atomic E-state index is 13.3. The normalized spacial score (nSPS) is 18.9. The van der Waals surface area contributed by atoms with Gasteiger partial charge in [0, 0.05) is 33.5 Å². The first-order chi connectivity index (χ1) is 15.6. The number of rotatable bonds is 7. The Morgan fingerprint density at radius 2 is 1.94 bits per heavy atom. The lowest BCUT2D eigenvalue weighted by Gasteiger charge is -2.34. The van der Waals surface area contributed by atoms with E-state index in [1.165, 1.54) is 16.7 Å². The summed E-state index contributed by atoms with van der Waals surface area (Å²) < 4.78 is 0. The molecule has 3 atom stereocenters. The zero-order valence-electron chi connectivity index (χ0n) is 19.7. The molecular weight excluding hydrogens is 440 g/mol. The molecule has 1 aliphatic rings. The van der Waals surface area contributed by atoms with Gasteiger partial charge in [0.1, 0.15) is 12.1 Å². The number of aryl methyl sites for hydroxylation is 1. The molecule has 1 aliphatic heterocycles. The van der Waals surface area contributed by atoms with Crippen molar-refractivity contribution in [1.82, 2.24) is 20.1 Å². The maximum Gasteiger partial charge on any atom is 0.246 e. The highest BCUT2D eigenvalue weighted by Gasteiger charge is 2.43. The lowest BCUT2D eigenvalue weighted by atomic mass is 10.0. The third-order valence-electron chi connectivity index (χ3n) is 6.09. The second-order valence-electron chi connectivity index (χ2n) is 8.90. The Morgan fingerprint density at radius 1 is 1.27 bits per heavy atom. The van der Waals surface area contributed by atoms with Crippen molar-refractivity contribution in [2.24, 2.45) is 5.92 Å². The molecule has 3 amide bonds. The average Bonchev–Trinajstić information content (AvgIpc) is 3.37. The number of carbonyl (C=O) groups excluding carboxylic acids is 3. The lowest BCUT2D eigenvalue weighted by Crippen LogP contribution is -2.55. The van der Waals surface area contributed by atoms with Gasteiger partial charge >= 0.3 is 0 Å². The molecule has 0 unspecified atom stereocenters. The van der Waals surface area contributed by atoms with E-state index in [0.717, 1.165) is 21.7 Å². The third kappa shape index (κ3) is 5.59. The molecule has 0 saturated carbocycles. The third-order valence-corrected chi connectivity index (χ3v) is 7.07. The van der Waals surface area contributed by atoms with Crippen molar-refractivity contribution in [1.29, 1.82) is 0 Å². The lowest BCUT2D eigenvalue weighted by molar-refractivity contribution is -0.148. The van der Waals surface area contributed by atoms with Crippen LogP contribution in [0.4, 0.5) is 0 Å². The van der Waals surface area contributed by atoms with Gasteiger partial charge in [-0.2, -0.15) is 0 Å². The fraction of sp³-hybridized carbons (Fsp3) is 0.500. The van der Waals surface area contributed by atoms with Gasteiger partial charge in [-0.25, -0.2) is 4.98 Å². The number of nitrogens with one attached hydrogen (secondary N) is 1. The number of aliphatic hydroxyl groups excluding tert-OH is 1. The van der Waals surface area contributed by atoms with E-state index in [1.54, 1.807) is 18.4 Å². The van der Waals surface area contributed by atoms with Crippen LogP contribution in [0.1, 0.15) is 38.4 Å². The number of nitrogens with zero attached hydrogens (tertiary/aromatic N) is 3. The van der Waals surface area contributed by atoms with Crippen molar-refractivity contribution in [3.05, 3.63) is 41.0 Å². The fourth-order valence-corrected chi connectivity index (χ4v) is 5.04. The minimum atomic E-state index is -0.776. The standard InChI is InChI=1S/C24H32N4O4S/c1-14(2)21(27(5)16(4)29)24(32)28-12-19(30)10-20(28)23(31)25-11-17-6-8-18(9-7-17)22-15(3)26-13-33-22/h6-9,13-14,19-21,30H,10-12H2,1-5H3,(H,25,31)/t19-,20+,21+/m1/s1. The van der Waals surface area contributed by atoms with Gasteiger partial charge in [-0.15, -0.1) is 11.3 Å². The van der Waals surface area contributed by atoms with E-state index in [2.05, 4.69) is 10.3 Å². The van der Waals surface area contributed by atoms with Gasteiger partial charge in [0.25, 0.3) is 0 Å². The van der Waals surface area contributed by atoms with Gasteiger partial charge < -0.3 is 20.2 Å². The Balaban J connectivity index is 1.67. The molecule has 3 rings (SSSR count). The zero-order chi connectivity index (χ0) is 24.3. The van der Waals surface area contributed by atoms with Crippen LogP contribution in [-0.2, 0) is 20.9 Å². The summed E-state index contributed by atoms with van der Waals surface area (Å²) in [6.07, 6.45) is -0.600. The Labute approximate surface area is 198 Å². The molecule has 1 aromatic heterocycles. The zero-order valence-corrected chi connectivity index (χ0v) is 20.6. The molecule has 1 fully saturated rings. The Bertz CT molecular complexity index is 1000. The van der Waals surface area contributed by atoms with E-state index >= 15 is 0 Å². The molecule has 2 heterocycles. The molecule has 178 valence electrons. The van der Waals surface area contributed by atoms with Crippen LogP contribution in [0.25, 0.3) is 10.4 Å². The molecule has 8 nitrogen and oxygen atoms in total. The van der Waals surface area contributed by atoms with Gasteiger partial charge in [-0.05, 0) is 24.0 Å². The van der Waals surface area contributed by atoms with Crippen molar-refractivity contribution in [3.63, 3.8) is 0 Å². The predicted octanol–water partition coefficient (Wildman–Crippen LogP) is 2.20. The summed E-state index contributed by atoms with van der Waals surface area (Å²) in [4.78, 5) is 46.4. The molecule has 2 aromatic rings. The minimum Gasteiger partial charge on any atom is -0.391 e. The van der Waals surface area contributed by atoms with Crippen LogP contribution >= 0.6 is 11.3 Å². The second-order valence-corrected chi connectivity index (χ2v) is 9.75. The summed E-state index contributed by atoms with van der Waals surface area (Å²) in [7, 11) is 1.59. The van der Waals surface area contributed by atoms with Gasteiger partial charge in [0.05, 0.1) is 22.2 Å². The van der Waals surface area contributed by atoms with E-state index in [4.69, 9.17) is 0 Å². The maximum atomic E-state index is 13.3. The van der Waals surface area contributed by atoms with Gasteiger partial charge in [-0.1, -0.05) is 38.1 Å². The molecule has 0 bridgehead atoms. The number of amides is 3. The molecule has 9 heteroatoms. The number of carbonyl (C=O) groups is 3. The molecule has 33 heavy (non-hydrogen) atoms. The Kier molecular flexibility index (Phi) is 7.86. The molecule has 0 radical (unpaired) electrons. The fourth-order valence-electron chi connectivity index (χ4n) is 4.23. The molecular formula is C24H32N4O4S. The van der Waals surface area contributed by atoms with Gasteiger partial charge in [0.2, 0.25) is 17.7 Å². The number of thiazole rings is 1. The number of likely N-dealkylation sites (N-methyl/N-ethyl adjacent to an activating group) is 1. The van der Waals surface area contributed by atoms with Crippen molar-refractivity contribution >= 4 is 29.1 Å². The van der Waals surface area contributed by atoms with Crippen molar-refractivity contribution in [2.45, 2.75) is 58.8 Å². The van der Waals surface area contributed by atoms with E-state index in [0.29, 0.717) is 6.54 Å². The number of β-amino-alcohol motifs (C(OH)–C–C–N with tert-alkyl or cyclic N) is 1. The summed E-state index contributed by atoms with van der Waals surface area (Å²) in [6, 6.07) is 6.46. The molecule has 1 aromatic carbocycles. The first-order valence-corrected chi connectivity index (χ1v) is 12.0. The molecule has 1 saturated heterocycles. The number of hydrogen-bond acceptors (Lipinski definition) is 6. The van der Waals surface area contributed by atoms with Crippen LogP contribution in [0.2, 0.25) is 0 Å². The predicted molar refractivity (Wildman–Crippen MR) is 127 cm³/mol. The van der Waals surface area contributed by atoms with Crippen molar-refractivity contribution < 1.29 is 19.5 Å². The van der Waals surface area contributed by atoms with Crippen LogP contribution in [0.5, 0.6) is 0 Å². The largest absolute Gasteiger partial charge is 0.391 e. The van der Waals surface area contributed by atoms with Gasteiger partial charge in [-0.3, -0.25) is 14.4 Å². The van der Waals surface area contributed by atoms with Gasteiger partial charge in [0.15, 0.2) is 0 Å². The highest BCUT2D eigenvalue weighted by atomic mass is 32.1.